The van der Waals surface area contributed by atoms with Gasteiger partial charge >= 0.3 is 0 Å². The molecule has 0 aliphatic rings. The zero-order valence-electron chi connectivity index (χ0n) is 12.3. The summed E-state index contributed by atoms with van der Waals surface area (Å²) in [6.45, 7) is 2.28. The van der Waals surface area contributed by atoms with E-state index in [0.717, 1.165) is 33.0 Å². The van der Waals surface area contributed by atoms with Gasteiger partial charge in [0.2, 0.25) is 5.91 Å². The molecule has 2 aromatic carbocycles. The lowest BCUT2D eigenvalue weighted by atomic mass is 10.1. The Morgan fingerprint density at radius 2 is 1.91 bits per heavy atom. The molecule has 0 saturated carbocycles. The van der Waals surface area contributed by atoms with E-state index < -0.39 is 0 Å². The molecule has 0 aliphatic carbocycles. The van der Waals surface area contributed by atoms with Crippen LogP contribution < -0.4 is 10.6 Å². The number of hydrogen-bond acceptors (Lipinski definition) is 4. The molecule has 112 valence electrons. The number of rotatable bonds is 5. The maximum atomic E-state index is 12.1. The molecule has 2 N–H and O–H groups in total. The standard InChI is InChI=1S/C17H17N3OS/c1-2-12-7-3-4-8-13(12)19-16(21)11-18-17-20-14-9-5-6-10-15(14)22-17/h3-10H,2,11H2,1H3,(H,18,20)(H,19,21). The molecule has 0 unspecified atom stereocenters. The molecule has 1 heterocycles. The minimum Gasteiger partial charge on any atom is -0.352 e. The Hall–Kier alpha value is -2.40. The van der Waals surface area contributed by atoms with Gasteiger partial charge in [-0.05, 0) is 30.2 Å². The summed E-state index contributed by atoms with van der Waals surface area (Å²) in [6, 6.07) is 15.8. The third-order valence-corrected chi connectivity index (χ3v) is 4.36. The zero-order valence-corrected chi connectivity index (χ0v) is 13.1. The molecule has 0 radical (unpaired) electrons. The number of fused-ring (bicyclic) bond motifs is 1. The van der Waals surface area contributed by atoms with Gasteiger partial charge in [0.05, 0.1) is 16.8 Å². The van der Waals surface area contributed by atoms with Gasteiger partial charge in [-0.25, -0.2) is 4.98 Å². The number of nitrogens with zero attached hydrogens (tertiary/aromatic N) is 1. The molecule has 0 aliphatic heterocycles. The van der Waals surface area contributed by atoms with Crippen molar-refractivity contribution in [2.45, 2.75) is 13.3 Å². The quantitative estimate of drug-likeness (QED) is 0.751. The van der Waals surface area contributed by atoms with Crippen LogP contribution in [0.4, 0.5) is 10.8 Å². The van der Waals surface area contributed by atoms with Crippen molar-refractivity contribution in [2.75, 3.05) is 17.2 Å². The molecule has 0 fully saturated rings. The summed E-state index contributed by atoms with van der Waals surface area (Å²) in [5.41, 5.74) is 2.96. The predicted molar refractivity (Wildman–Crippen MR) is 92.6 cm³/mol. The first-order valence-corrected chi connectivity index (χ1v) is 8.05. The van der Waals surface area contributed by atoms with Gasteiger partial charge in [-0.3, -0.25) is 4.79 Å². The van der Waals surface area contributed by atoms with Gasteiger partial charge in [-0.1, -0.05) is 48.6 Å². The Morgan fingerprint density at radius 3 is 2.73 bits per heavy atom. The molecular weight excluding hydrogens is 294 g/mol. The van der Waals surface area contributed by atoms with Crippen molar-refractivity contribution < 1.29 is 4.79 Å². The minimum atomic E-state index is -0.0693. The molecule has 22 heavy (non-hydrogen) atoms. The Bertz CT molecular complexity index is 764. The van der Waals surface area contributed by atoms with Gasteiger partial charge in [-0.2, -0.15) is 0 Å². The third-order valence-electron chi connectivity index (χ3n) is 3.37. The van der Waals surface area contributed by atoms with Crippen LogP contribution in [0.15, 0.2) is 48.5 Å². The van der Waals surface area contributed by atoms with Crippen molar-refractivity contribution in [3.05, 3.63) is 54.1 Å². The van der Waals surface area contributed by atoms with Crippen molar-refractivity contribution in [2.24, 2.45) is 0 Å². The fourth-order valence-corrected chi connectivity index (χ4v) is 3.11. The molecule has 3 aromatic rings. The number of carbonyl (C=O) groups excluding carboxylic acids is 1. The lowest BCUT2D eigenvalue weighted by Gasteiger charge is -2.09. The number of carbonyl (C=O) groups is 1. The van der Waals surface area contributed by atoms with Crippen LogP contribution in [0.25, 0.3) is 10.2 Å². The number of thiazole rings is 1. The molecule has 3 rings (SSSR count). The van der Waals surface area contributed by atoms with Gasteiger partial charge in [0.15, 0.2) is 5.13 Å². The van der Waals surface area contributed by atoms with E-state index >= 15 is 0 Å². The van der Waals surface area contributed by atoms with Crippen molar-refractivity contribution in [3.8, 4) is 0 Å². The van der Waals surface area contributed by atoms with E-state index in [-0.39, 0.29) is 12.5 Å². The molecule has 5 heteroatoms. The molecule has 1 amide bonds. The summed E-state index contributed by atoms with van der Waals surface area (Å²) in [5.74, 6) is -0.0693. The number of amides is 1. The fraction of sp³-hybridized carbons (Fsp3) is 0.176. The van der Waals surface area contributed by atoms with E-state index in [1.807, 2.05) is 48.5 Å². The Morgan fingerprint density at radius 1 is 1.14 bits per heavy atom. The molecule has 0 atom stereocenters. The molecule has 0 bridgehead atoms. The number of aromatic nitrogens is 1. The average Bonchev–Trinajstić information content (AvgIpc) is 2.96. The summed E-state index contributed by atoms with van der Waals surface area (Å²) >= 11 is 1.55. The Kier molecular flexibility index (Phi) is 4.34. The van der Waals surface area contributed by atoms with E-state index in [4.69, 9.17) is 0 Å². The smallest absolute Gasteiger partial charge is 0.243 e. The van der Waals surface area contributed by atoms with Crippen LogP contribution in [-0.4, -0.2) is 17.4 Å². The minimum absolute atomic E-state index is 0.0693. The first kappa shape index (κ1) is 14.5. The highest BCUT2D eigenvalue weighted by atomic mass is 32.1. The van der Waals surface area contributed by atoms with Gasteiger partial charge < -0.3 is 10.6 Å². The zero-order chi connectivity index (χ0) is 15.4. The van der Waals surface area contributed by atoms with Crippen molar-refractivity contribution in [3.63, 3.8) is 0 Å². The van der Waals surface area contributed by atoms with Crippen LogP contribution in [0, 0.1) is 0 Å². The first-order valence-electron chi connectivity index (χ1n) is 7.23. The largest absolute Gasteiger partial charge is 0.352 e. The number of benzene rings is 2. The average molecular weight is 311 g/mol. The van der Waals surface area contributed by atoms with Crippen molar-refractivity contribution in [1.29, 1.82) is 0 Å². The number of para-hydroxylation sites is 2. The lowest BCUT2D eigenvalue weighted by Crippen LogP contribution is -2.22. The number of aryl methyl sites for hydroxylation is 1. The highest BCUT2D eigenvalue weighted by Crippen LogP contribution is 2.25. The van der Waals surface area contributed by atoms with E-state index in [1.54, 1.807) is 11.3 Å². The van der Waals surface area contributed by atoms with E-state index in [0.29, 0.717) is 0 Å². The van der Waals surface area contributed by atoms with Gasteiger partial charge in [-0.15, -0.1) is 0 Å². The van der Waals surface area contributed by atoms with Crippen LogP contribution >= 0.6 is 11.3 Å². The number of hydrogen-bond donors (Lipinski definition) is 2. The van der Waals surface area contributed by atoms with Crippen LogP contribution in [0.3, 0.4) is 0 Å². The summed E-state index contributed by atoms with van der Waals surface area (Å²) in [4.78, 5) is 16.5. The summed E-state index contributed by atoms with van der Waals surface area (Å²) < 4.78 is 1.11. The van der Waals surface area contributed by atoms with Crippen molar-refractivity contribution >= 4 is 38.3 Å². The monoisotopic (exact) mass is 311 g/mol. The van der Waals surface area contributed by atoms with Gasteiger partial charge in [0.25, 0.3) is 0 Å². The second-order valence-electron chi connectivity index (χ2n) is 4.90. The fourth-order valence-electron chi connectivity index (χ4n) is 2.25. The van der Waals surface area contributed by atoms with Crippen LogP contribution in [0.1, 0.15) is 12.5 Å². The second-order valence-corrected chi connectivity index (χ2v) is 5.93. The maximum Gasteiger partial charge on any atom is 0.243 e. The Balaban J connectivity index is 1.62. The van der Waals surface area contributed by atoms with Crippen LogP contribution in [0.2, 0.25) is 0 Å². The number of anilines is 2. The molecule has 1 aromatic heterocycles. The van der Waals surface area contributed by atoms with Crippen LogP contribution in [-0.2, 0) is 11.2 Å². The highest BCUT2D eigenvalue weighted by molar-refractivity contribution is 7.22. The predicted octanol–water partition coefficient (Wildman–Crippen LogP) is 3.91. The van der Waals surface area contributed by atoms with Gasteiger partial charge in [0, 0.05) is 5.69 Å². The van der Waals surface area contributed by atoms with E-state index in [1.165, 1.54) is 0 Å². The first-order chi connectivity index (χ1) is 10.8. The lowest BCUT2D eigenvalue weighted by molar-refractivity contribution is -0.114. The normalized spacial score (nSPS) is 10.6. The molecule has 0 spiro atoms. The van der Waals surface area contributed by atoms with E-state index in [9.17, 15) is 4.79 Å². The molecule has 4 nitrogen and oxygen atoms in total. The Labute approximate surface area is 133 Å². The van der Waals surface area contributed by atoms with E-state index in [2.05, 4.69) is 22.5 Å². The molecular formula is C17H17N3OS. The summed E-state index contributed by atoms with van der Waals surface area (Å²) in [7, 11) is 0. The van der Waals surface area contributed by atoms with Gasteiger partial charge in [0.1, 0.15) is 0 Å². The van der Waals surface area contributed by atoms with Crippen LogP contribution in [0.5, 0.6) is 0 Å². The second kappa shape index (κ2) is 6.58. The molecule has 0 saturated heterocycles. The maximum absolute atomic E-state index is 12.1. The summed E-state index contributed by atoms with van der Waals surface area (Å²) in [6.07, 6.45) is 0.891. The SMILES string of the molecule is CCc1ccccc1NC(=O)CNc1nc2ccccc2s1. The number of nitrogens with one attached hydrogen (secondary N) is 2. The topological polar surface area (TPSA) is 54.0 Å². The van der Waals surface area contributed by atoms with Crippen molar-refractivity contribution in [1.82, 2.24) is 4.98 Å². The highest BCUT2D eigenvalue weighted by Gasteiger charge is 2.07. The summed E-state index contributed by atoms with van der Waals surface area (Å²) in [5, 5.41) is 6.79. The third kappa shape index (κ3) is 3.26.